The van der Waals surface area contributed by atoms with Gasteiger partial charge < -0.3 is 9.84 Å². The van der Waals surface area contributed by atoms with Crippen molar-refractivity contribution in [3.63, 3.8) is 0 Å². The lowest BCUT2D eigenvalue weighted by atomic mass is 9.81. The van der Waals surface area contributed by atoms with Gasteiger partial charge in [-0.3, -0.25) is 4.98 Å². The van der Waals surface area contributed by atoms with Crippen molar-refractivity contribution in [3.05, 3.63) is 29.6 Å². The van der Waals surface area contributed by atoms with E-state index >= 15 is 0 Å². The average Bonchev–Trinajstić information content (AvgIpc) is 2.33. The number of aliphatic hydroxyl groups is 1. The Balaban J connectivity index is 2.53. The van der Waals surface area contributed by atoms with Crippen LogP contribution in [0, 0.1) is 0 Å². The van der Waals surface area contributed by atoms with Gasteiger partial charge in [-0.25, -0.2) is 9.18 Å². The van der Waals surface area contributed by atoms with Crippen molar-refractivity contribution in [1.82, 2.24) is 4.98 Å². The maximum Gasteiger partial charge on any atom is 0.348 e. The summed E-state index contributed by atoms with van der Waals surface area (Å²) in [5, 5.41) is 9.67. The Hall–Kier alpha value is -1.49. The molecule has 2 rings (SSSR count). The van der Waals surface area contributed by atoms with Gasteiger partial charge in [0.25, 0.3) is 0 Å². The molecule has 0 bridgehead atoms. The zero-order valence-corrected chi connectivity index (χ0v) is 8.81. The summed E-state index contributed by atoms with van der Waals surface area (Å²) in [6.45, 7) is 0. The third kappa shape index (κ3) is 1.48. The molecule has 1 aliphatic rings. The van der Waals surface area contributed by atoms with Crippen LogP contribution in [-0.4, -0.2) is 23.2 Å². The smallest absolute Gasteiger partial charge is 0.348 e. The number of hydrogen-bond acceptors (Lipinski definition) is 4. The number of methoxy groups -OCH3 is 1. The summed E-state index contributed by atoms with van der Waals surface area (Å²) >= 11 is 0. The van der Waals surface area contributed by atoms with Gasteiger partial charge in [-0.05, 0) is 18.9 Å². The largest absolute Gasteiger partial charge is 0.466 e. The Bertz CT molecular complexity index is 423. The number of pyridine rings is 1. The zero-order chi connectivity index (χ0) is 11.8. The van der Waals surface area contributed by atoms with Crippen LogP contribution in [0.4, 0.5) is 4.39 Å². The first-order valence-corrected chi connectivity index (χ1v) is 5.00. The van der Waals surface area contributed by atoms with Crippen molar-refractivity contribution in [2.24, 2.45) is 0 Å². The molecule has 0 aromatic carbocycles. The van der Waals surface area contributed by atoms with E-state index in [2.05, 4.69) is 9.72 Å². The Morgan fingerprint density at radius 3 is 3.19 bits per heavy atom. The van der Waals surface area contributed by atoms with Crippen LogP contribution in [0.3, 0.4) is 0 Å². The highest BCUT2D eigenvalue weighted by Crippen LogP contribution is 2.42. The number of alkyl halides is 1. The molecule has 0 aliphatic heterocycles. The molecular formula is C11H12FNO3. The second-order valence-electron chi connectivity index (χ2n) is 3.78. The lowest BCUT2D eigenvalue weighted by Gasteiger charge is -2.31. The third-order valence-corrected chi connectivity index (χ3v) is 2.85. The van der Waals surface area contributed by atoms with Crippen LogP contribution in [0.2, 0.25) is 0 Å². The van der Waals surface area contributed by atoms with Gasteiger partial charge in [-0.15, -0.1) is 0 Å². The van der Waals surface area contributed by atoms with Crippen LogP contribution in [0.15, 0.2) is 18.3 Å². The summed E-state index contributed by atoms with van der Waals surface area (Å²) in [6, 6.07) is 3.00. The molecule has 0 fully saturated rings. The van der Waals surface area contributed by atoms with Crippen LogP contribution >= 0.6 is 0 Å². The molecule has 2 atom stereocenters. The van der Waals surface area contributed by atoms with Crippen molar-refractivity contribution < 1.29 is 19.0 Å². The number of nitrogens with zero attached hydrogens (tertiary/aromatic N) is 1. The van der Waals surface area contributed by atoms with Crippen molar-refractivity contribution in [3.8, 4) is 0 Å². The number of ether oxygens (including phenoxy) is 1. The lowest BCUT2D eigenvalue weighted by Crippen LogP contribution is -2.37. The number of aromatic nitrogens is 1. The summed E-state index contributed by atoms with van der Waals surface area (Å²) in [4.78, 5) is 15.4. The first-order chi connectivity index (χ1) is 7.59. The fraction of sp³-hybridized carbons (Fsp3) is 0.455. The highest BCUT2D eigenvalue weighted by atomic mass is 19.1. The number of halogens is 1. The predicted octanol–water partition coefficient (Wildman–Crippen LogP) is 1.25. The molecule has 4 nitrogen and oxygen atoms in total. The molecule has 86 valence electrons. The maximum atomic E-state index is 14.5. The molecule has 0 radical (unpaired) electrons. The lowest BCUT2D eigenvalue weighted by molar-refractivity contribution is -0.157. The molecule has 0 saturated heterocycles. The van der Waals surface area contributed by atoms with Gasteiger partial charge in [-0.1, -0.05) is 6.07 Å². The van der Waals surface area contributed by atoms with E-state index in [4.69, 9.17) is 0 Å². The number of rotatable bonds is 1. The number of carbonyl (C=O) groups excluding carboxylic acids is 1. The molecule has 0 spiro atoms. The van der Waals surface area contributed by atoms with Gasteiger partial charge in [0.2, 0.25) is 5.67 Å². The van der Waals surface area contributed by atoms with Gasteiger partial charge in [-0.2, -0.15) is 0 Å². The van der Waals surface area contributed by atoms with Crippen LogP contribution in [0.25, 0.3) is 0 Å². The number of esters is 1. The van der Waals surface area contributed by atoms with Gasteiger partial charge >= 0.3 is 5.97 Å². The quantitative estimate of drug-likeness (QED) is 0.731. The minimum absolute atomic E-state index is 0.0838. The van der Waals surface area contributed by atoms with Crippen molar-refractivity contribution in [1.29, 1.82) is 0 Å². The Morgan fingerprint density at radius 2 is 2.50 bits per heavy atom. The molecule has 5 heteroatoms. The van der Waals surface area contributed by atoms with E-state index in [0.29, 0.717) is 0 Å². The highest BCUT2D eigenvalue weighted by Gasteiger charge is 2.47. The van der Waals surface area contributed by atoms with E-state index in [1.165, 1.54) is 18.3 Å². The minimum atomic E-state index is -2.18. The molecule has 16 heavy (non-hydrogen) atoms. The summed E-state index contributed by atoms with van der Waals surface area (Å²) in [5.74, 6) is -0.936. The number of carbonyl (C=O) groups is 1. The molecule has 0 amide bonds. The molecule has 0 saturated carbocycles. The first-order valence-electron chi connectivity index (χ1n) is 5.00. The zero-order valence-electron chi connectivity index (χ0n) is 8.81. The van der Waals surface area contributed by atoms with E-state index < -0.39 is 17.7 Å². The monoisotopic (exact) mass is 225 g/mol. The Kier molecular flexibility index (Phi) is 2.63. The summed E-state index contributed by atoms with van der Waals surface area (Å²) in [6.07, 6.45) is 0.727. The van der Waals surface area contributed by atoms with E-state index in [9.17, 15) is 14.3 Å². The predicted molar refractivity (Wildman–Crippen MR) is 53.2 cm³/mol. The summed E-state index contributed by atoms with van der Waals surface area (Å²) in [5.41, 5.74) is -1.85. The molecule has 1 aromatic rings. The fourth-order valence-electron chi connectivity index (χ4n) is 2.00. The van der Waals surface area contributed by atoms with Gasteiger partial charge in [0.15, 0.2) is 0 Å². The van der Waals surface area contributed by atoms with Gasteiger partial charge in [0.05, 0.1) is 18.9 Å². The van der Waals surface area contributed by atoms with Gasteiger partial charge in [0.1, 0.15) is 0 Å². The number of fused-ring (bicyclic) bond motifs is 1. The molecule has 0 unspecified atom stereocenters. The van der Waals surface area contributed by atoms with E-state index in [-0.39, 0.29) is 24.1 Å². The van der Waals surface area contributed by atoms with E-state index in [1.807, 2.05) is 0 Å². The second kappa shape index (κ2) is 3.83. The van der Waals surface area contributed by atoms with Crippen molar-refractivity contribution in [2.75, 3.05) is 7.11 Å². The van der Waals surface area contributed by atoms with Crippen LogP contribution in [0.5, 0.6) is 0 Å². The first kappa shape index (κ1) is 11.0. The van der Waals surface area contributed by atoms with Crippen LogP contribution in [-0.2, 0) is 15.2 Å². The average molecular weight is 225 g/mol. The van der Waals surface area contributed by atoms with Crippen LogP contribution in [0.1, 0.15) is 30.2 Å². The topological polar surface area (TPSA) is 59.4 Å². The SMILES string of the molecule is COC(=O)[C@]1(F)CC[C@H](O)c2ncccc21. The molecule has 1 aliphatic carbocycles. The molecule has 1 aromatic heterocycles. The number of hydrogen-bond donors (Lipinski definition) is 1. The maximum absolute atomic E-state index is 14.5. The number of aliphatic hydroxyl groups excluding tert-OH is 1. The molecular weight excluding hydrogens is 213 g/mol. The summed E-state index contributed by atoms with van der Waals surface area (Å²) < 4.78 is 19.0. The molecule has 1 N–H and O–H groups in total. The fourth-order valence-corrected chi connectivity index (χ4v) is 2.00. The van der Waals surface area contributed by atoms with Gasteiger partial charge in [0, 0.05) is 11.8 Å². The third-order valence-electron chi connectivity index (χ3n) is 2.85. The Labute approximate surface area is 92.1 Å². The Morgan fingerprint density at radius 1 is 1.75 bits per heavy atom. The standard InChI is InChI=1S/C11H12FNO3/c1-16-10(15)11(12)5-4-8(14)9-7(11)3-2-6-13-9/h2-3,6,8,14H,4-5H2,1H3/t8-,11-/m0/s1. The van der Waals surface area contributed by atoms with Crippen molar-refractivity contribution in [2.45, 2.75) is 24.6 Å². The second-order valence-corrected chi connectivity index (χ2v) is 3.78. The summed E-state index contributed by atoms with van der Waals surface area (Å²) in [7, 11) is 1.14. The van der Waals surface area contributed by atoms with E-state index in [0.717, 1.165) is 7.11 Å². The minimum Gasteiger partial charge on any atom is -0.466 e. The van der Waals surface area contributed by atoms with E-state index in [1.54, 1.807) is 0 Å². The van der Waals surface area contributed by atoms with Crippen molar-refractivity contribution >= 4 is 5.97 Å². The van der Waals surface area contributed by atoms with Crippen LogP contribution < -0.4 is 0 Å². The molecule has 1 heterocycles. The normalized spacial score (nSPS) is 28.3. The highest BCUT2D eigenvalue weighted by molar-refractivity contribution is 5.81.